The Kier molecular flexibility index (Phi) is 3.20. The molecule has 16 heavy (non-hydrogen) atoms. The minimum Gasteiger partial charge on any atom is -0.267 e. The highest BCUT2D eigenvalue weighted by Gasteiger charge is 2.04. The molecule has 0 saturated heterocycles. The predicted octanol–water partition coefficient (Wildman–Crippen LogP) is 2.22. The molecular formula is C14H16NO+. The van der Waals surface area contributed by atoms with Crippen LogP contribution in [0, 0.1) is 13.8 Å². The van der Waals surface area contributed by atoms with Crippen molar-refractivity contribution in [2.24, 2.45) is 0 Å². The van der Waals surface area contributed by atoms with E-state index in [1.165, 1.54) is 16.7 Å². The summed E-state index contributed by atoms with van der Waals surface area (Å²) in [6.45, 7) is 4.77. The number of pyridine rings is 1. The molecule has 0 spiro atoms. The molecule has 2 rings (SSSR count). The summed E-state index contributed by atoms with van der Waals surface area (Å²) in [6, 6.07) is 12.2. The minimum atomic E-state index is 0.591. The Morgan fingerprint density at radius 1 is 1.00 bits per heavy atom. The Morgan fingerprint density at radius 3 is 2.44 bits per heavy atom. The van der Waals surface area contributed by atoms with Crippen LogP contribution in [0.15, 0.2) is 48.8 Å². The Balaban J connectivity index is 2.03. The van der Waals surface area contributed by atoms with Crippen molar-refractivity contribution in [3.05, 3.63) is 65.5 Å². The van der Waals surface area contributed by atoms with Crippen LogP contribution in [0.25, 0.3) is 0 Å². The molecule has 1 heterocycles. The zero-order chi connectivity index (χ0) is 11.4. The maximum Gasteiger partial charge on any atom is 0.225 e. The van der Waals surface area contributed by atoms with Gasteiger partial charge in [-0.1, -0.05) is 30.3 Å². The van der Waals surface area contributed by atoms with Crippen molar-refractivity contribution >= 4 is 0 Å². The zero-order valence-electron chi connectivity index (χ0n) is 9.68. The van der Waals surface area contributed by atoms with Crippen molar-refractivity contribution in [1.82, 2.24) is 0 Å². The maximum absolute atomic E-state index is 5.64. The molecule has 0 aliphatic rings. The highest BCUT2D eigenvalue weighted by atomic mass is 16.7. The van der Waals surface area contributed by atoms with Gasteiger partial charge in [-0.25, -0.2) is 0 Å². The summed E-state index contributed by atoms with van der Waals surface area (Å²) in [5.74, 6) is 0. The highest BCUT2D eigenvalue weighted by Crippen LogP contribution is 2.01. The number of benzene rings is 1. The van der Waals surface area contributed by atoms with Gasteiger partial charge in [-0.15, -0.1) is 0 Å². The molecule has 1 aromatic carbocycles. The van der Waals surface area contributed by atoms with E-state index in [2.05, 4.69) is 32.0 Å². The SMILES string of the molecule is Cc1cc[n+](OCc2ccccc2)cc1C. The van der Waals surface area contributed by atoms with Crippen molar-refractivity contribution in [2.45, 2.75) is 20.5 Å². The number of rotatable bonds is 3. The standard InChI is InChI=1S/C14H16NO/c1-12-8-9-15(10-13(12)2)16-11-14-6-4-3-5-7-14/h3-10H,11H2,1-2H3/q+1. The monoisotopic (exact) mass is 214 g/mol. The molecule has 2 nitrogen and oxygen atoms in total. The molecule has 0 aliphatic heterocycles. The van der Waals surface area contributed by atoms with Crippen LogP contribution in [0.3, 0.4) is 0 Å². The molecule has 1 aromatic heterocycles. The summed E-state index contributed by atoms with van der Waals surface area (Å²) in [4.78, 5) is 5.64. The normalized spacial score (nSPS) is 10.1. The first-order chi connectivity index (χ1) is 7.75. The molecule has 0 bridgehead atoms. The second-order valence-corrected chi connectivity index (χ2v) is 3.93. The van der Waals surface area contributed by atoms with Crippen LogP contribution in [-0.4, -0.2) is 0 Å². The molecule has 0 amide bonds. The second kappa shape index (κ2) is 4.79. The molecule has 82 valence electrons. The van der Waals surface area contributed by atoms with Gasteiger partial charge in [0.2, 0.25) is 12.4 Å². The molecule has 0 fully saturated rings. The fourth-order valence-electron chi connectivity index (χ4n) is 1.46. The fourth-order valence-corrected chi connectivity index (χ4v) is 1.46. The Hall–Kier alpha value is -1.83. The van der Waals surface area contributed by atoms with Crippen molar-refractivity contribution in [2.75, 3.05) is 0 Å². The van der Waals surface area contributed by atoms with Gasteiger partial charge in [0, 0.05) is 16.4 Å². The number of aryl methyl sites for hydroxylation is 2. The quantitative estimate of drug-likeness (QED) is 0.714. The Labute approximate surface area is 96.1 Å². The van der Waals surface area contributed by atoms with Gasteiger partial charge in [-0.05, 0) is 25.0 Å². The highest BCUT2D eigenvalue weighted by molar-refractivity contribution is 5.16. The smallest absolute Gasteiger partial charge is 0.225 e. The largest absolute Gasteiger partial charge is 0.267 e. The summed E-state index contributed by atoms with van der Waals surface area (Å²) < 4.78 is 1.76. The molecule has 2 aromatic rings. The van der Waals surface area contributed by atoms with E-state index in [0.29, 0.717) is 6.61 Å². The second-order valence-electron chi connectivity index (χ2n) is 3.93. The van der Waals surface area contributed by atoms with Gasteiger partial charge >= 0.3 is 0 Å². The topological polar surface area (TPSA) is 13.1 Å². The van der Waals surface area contributed by atoms with E-state index in [0.717, 1.165) is 0 Å². The van der Waals surface area contributed by atoms with Crippen LogP contribution in [0.2, 0.25) is 0 Å². The van der Waals surface area contributed by atoms with Crippen LogP contribution >= 0.6 is 0 Å². The van der Waals surface area contributed by atoms with Gasteiger partial charge < -0.3 is 0 Å². The van der Waals surface area contributed by atoms with E-state index in [1.54, 1.807) is 4.73 Å². The van der Waals surface area contributed by atoms with Gasteiger partial charge in [-0.3, -0.25) is 4.84 Å². The molecule has 0 atom stereocenters. The number of nitrogens with zero attached hydrogens (tertiary/aromatic N) is 1. The van der Waals surface area contributed by atoms with E-state index < -0.39 is 0 Å². The first-order valence-corrected chi connectivity index (χ1v) is 5.41. The van der Waals surface area contributed by atoms with Gasteiger partial charge in [-0.2, -0.15) is 0 Å². The summed E-state index contributed by atoms with van der Waals surface area (Å²) in [5.41, 5.74) is 3.68. The summed E-state index contributed by atoms with van der Waals surface area (Å²) in [5, 5.41) is 0. The van der Waals surface area contributed by atoms with Crippen LogP contribution in [0.1, 0.15) is 16.7 Å². The number of aromatic nitrogens is 1. The van der Waals surface area contributed by atoms with Crippen molar-refractivity contribution in [1.29, 1.82) is 0 Å². The lowest BCUT2D eigenvalue weighted by molar-refractivity contribution is -0.895. The van der Waals surface area contributed by atoms with Gasteiger partial charge in [0.05, 0.1) is 0 Å². The van der Waals surface area contributed by atoms with Crippen LogP contribution in [0.4, 0.5) is 0 Å². The molecule has 0 N–H and O–H groups in total. The molecular weight excluding hydrogens is 198 g/mol. The average Bonchev–Trinajstić information content (AvgIpc) is 2.32. The van der Waals surface area contributed by atoms with E-state index in [1.807, 2.05) is 30.6 Å². The Bertz CT molecular complexity index is 465. The van der Waals surface area contributed by atoms with E-state index in [9.17, 15) is 0 Å². The van der Waals surface area contributed by atoms with Crippen molar-refractivity contribution in [3.8, 4) is 0 Å². The lowest BCUT2D eigenvalue weighted by Gasteiger charge is -2.00. The summed E-state index contributed by atoms with van der Waals surface area (Å²) in [7, 11) is 0. The lowest BCUT2D eigenvalue weighted by atomic mass is 10.2. The number of hydrogen-bond acceptors (Lipinski definition) is 1. The van der Waals surface area contributed by atoms with E-state index in [-0.39, 0.29) is 0 Å². The molecule has 0 unspecified atom stereocenters. The first kappa shape index (κ1) is 10.7. The third-order valence-corrected chi connectivity index (χ3v) is 2.64. The van der Waals surface area contributed by atoms with Gasteiger partial charge in [0.1, 0.15) is 0 Å². The zero-order valence-corrected chi connectivity index (χ0v) is 9.68. The summed E-state index contributed by atoms with van der Waals surface area (Å²) >= 11 is 0. The molecule has 0 saturated carbocycles. The fraction of sp³-hybridized carbons (Fsp3) is 0.214. The Morgan fingerprint density at radius 2 is 1.75 bits per heavy atom. The third-order valence-electron chi connectivity index (χ3n) is 2.64. The molecule has 2 heteroatoms. The average molecular weight is 214 g/mol. The summed E-state index contributed by atoms with van der Waals surface area (Å²) in [6.07, 6.45) is 3.93. The first-order valence-electron chi connectivity index (χ1n) is 5.41. The molecule has 0 radical (unpaired) electrons. The van der Waals surface area contributed by atoms with Crippen molar-refractivity contribution < 1.29 is 9.57 Å². The van der Waals surface area contributed by atoms with Crippen LogP contribution in [-0.2, 0) is 6.61 Å². The van der Waals surface area contributed by atoms with Crippen LogP contribution < -0.4 is 9.57 Å². The van der Waals surface area contributed by atoms with Gasteiger partial charge in [0.15, 0.2) is 6.61 Å². The molecule has 0 aliphatic carbocycles. The van der Waals surface area contributed by atoms with E-state index >= 15 is 0 Å². The third kappa shape index (κ3) is 2.60. The van der Waals surface area contributed by atoms with Crippen LogP contribution in [0.5, 0.6) is 0 Å². The maximum atomic E-state index is 5.64. The van der Waals surface area contributed by atoms with Crippen molar-refractivity contribution in [3.63, 3.8) is 0 Å². The predicted molar refractivity (Wildman–Crippen MR) is 62.8 cm³/mol. The van der Waals surface area contributed by atoms with E-state index in [4.69, 9.17) is 4.84 Å². The lowest BCUT2D eigenvalue weighted by Crippen LogP contribution is -2.41. The number of hydrogen-bond donors (Lipinski definition) is 0. The minimum absolute atomic E-state index is 0.591. The van der Waals surface area contributed by atoms with Gasteiger partial charge in [0.25, 0.3) is 0 Å².